The third-order valence-electron chi connectivity index (χ3n) is 3.61. The summed E-state index contributed by atoms with van der Waals surface area (Å²) in [4.78, 5) is 25.9. The van der Waals surface area contributed by atoms with Crippen molar-refractivity contribution < 1.29 is 14.8 Å². The monoisotopic (exact) mass is 279 g/mol. The molecule has 0 radical (unpaired) electrons. The van der Waals surface area contributed by atoms with E-state index in [9.17, 15) is 14.9 Å². The zero-order valence-corrected chi connectivity index (χ0v) is 11.4. The van der Waals surface area contributed by atoms with E-state index < -0.39 is 16.9 Å². The molecule has 0 spiro atoms. The van der Waals surface area contributed by atoms with Gasteiger partial charge in [-0.1, -0.05) is 0 Å². The summed E-state index contributed by atoms with van der Waals surface area (Å²) in [6.07, 6.45) is 3.27. The lowest BCUT2D eigenvalue weighted by Gasteiger charge is -2.14. The number of nitro groups is 1. The maximum Gasteiger partial charge on any atom is 0.320 e. The third-order valence-corrected chi connectivity index (χ3v) is 3.61. The first kappa shape index (κ1) is 14.4. The topological polar surface area (TPSA) is 105 Å². The first-order valence-electron chi connectivity index (χ1n) is 6.47. The molecule has 2 rings (SSSR count). The predicted molar refractivity (Wildman–Crippen MR) is 71.4 cm³/mol. The van der Waals surface area contributed by atoms with Gasteiger partial charge in [0.15, 0.2) is 0 Å². The minimum Gasteiger partial charge on any atom is -0.480 e. The van der Waals surface area contributed by atoms with Gasteiger partial charge in [-0.25, -0.2) is 0 Å². The second-order valence-corrected chi connectivity index (χ2v) is 5.15. The van der Waals surface area contributed by atoms with Crippen LogP contribution in [0.5, 0.6) is 0 Å². The number of hydrogen-bond donors (Lipinski definition) is 2. The molecule has 0 bridgehead atoms. The van der Waals surface area contributed by atoms with Gasteiger partial charge in [0, 0.05) is 23.9 Å². The summed E-state index contributed by atoms with van der Waals surface area (Å²) in [5.41, 5.74) is 1.57. The van der Waals surface area contributed by atoms with Crippen LogP contribution in [-0.2, 0) is 11.3 Å². The summed E-state index contributed by atoms with van der Waals surface area (Å²) in [5.74, 6) is -0.722. The van der Waals surface area contributed by atoms with Crippen molar-refractivity contribution in [3.63, 3.8) is 0 Å². The number of aryl methyl sites for hydroxylation is 1. The number of aromatic nitrogens is 1. The number of pyridine rings is 1. The Hall–Kier alpha value is -2.02. The number of aliphatic carboxylic acids is 1. The molecule has 0 amide bonds. The molecule has 1 saturated carbocycles. The molecule has 1 aromatic rings. The SMILES string of the molecule is Cc1cnc(CNC(C(=O)O)C2CC2)c(C)c1[N+](=O)[O-]. The maximum absolute atomic E-state index is 11.1. The first-order chi connectivity index (χ1) is 9.41. The smallest absolute Gasteiger partial charge is 0.320 e. The molecule has 1 aromatic heterocycles. The molecule has 1 aliphatic carbocycles. The Morgan fingerprint density at radius 3 is 2.75 bits per heavy atom. The minimum atomic E-state index is -0.883. The Labute approximate surface area is 116 Å². The van der Waals surface area contributed by atoms with E-state index in [4.69, 9.17) is 5.11 Å². The van der Waals surface area contributed by atoms with E-state index in [1.165, 1.54) is 6.20 Å². The van der Waals surface area contributed by atoms with Crippen LogP contribution in [0.3, 0.4) is 0 Å². The zero-order valence-electron chi connectivity index (χ0n) is 11.4. The average molecular weight is 279 g/mol. The number of nitrogens with one attached hydrogen (secondary N) is 1. The molecule has 1 aliphatic rings. The van der Waals surface area contributed by atoms with Gasteiger partial charge in [0.1, 0.15) is 6.04 Å². The molecular formula is C13H17N3O4. The van der Waals surface area contributed by atoms with E-state index >= 15 is 0 Å². The van der Waals surface area contributed by atoms with Crippen molar-refractivity contribution in [1.29, 1.82) is 0 Å². The van der Waals surface area contributed by atoms with Gasteiger partial charge in [-0.3, -0.25) is 25.2 Å². The lowest BCUT2D eigenvalue weighted by Crippen LogP contribution is -2.38. The van der Waals surface area contributed by atoms with Gasteiger partial charge >= 0.3 is 5.97 Å². The molecule has 20 heavy (non-hydrogen) atoms. The van der Waals surface area contributed by atoms with Crippen molar-refractivity contribution in [1.82, 2.24) is 10.3 Å². The van der Waals surface area contributed by atoms with Gasteiger partial charge in [-0.2, -0.15) is 0 Å². The van der Waals surface area contributed by atoms with Gasteiger partial charge < -0.3 is 5.11 Å². The molecule has 0 saturated heterocycles. The number of carbonyl (C=O) groups is 1. The zero-order chi connectivity index (χ0) is 14.9. The molecular weight excluding hydrogens is 262 g/mol. The van der Waals surface area contributed by atoms with Crippen LogP contribution in [-0.4, -0.2) is 27.0 Å². The van der Waals surface area contributed by atoms with Crippen molar-refractivity contribution >= 4 is 11.7 Å². The summed E-state index contributed by atoms with van der Waals surface area (Å²) in [6, 6.07) is -0.600. The van der Waals surface area contributed by atoms with Crippen molar-refractivity contribution in [3.8, 4) is 0 Å². The number of carboxylic acid groups (broad SMARTS) is 1. The molecule has 1 atom stereocenters. The van der Waals surface area contributed by atoms with Crippen LogP contribution < -0.4 is 5.32 Å². The Kier molecular flexibility index (Phi) is 3.99. The molecule has 7 nitrogen and oxygen atoms in total. The van der Waals surface area contributed by atoms with Gasteiger partial charge in [-0.05, 0) is 32.6 Å². The molecule has 7 heteroatoms. The fourth-order valence-electron chi connectivity index (χ4n) is 2.32. The summed E-state index contributed by atoms with van der Waals surface area (Å²) in [5, 5.41) is 23.1. The fraction of sp³-hybridized carbons (Fsp3) is 0.538. The van der Waals surface area contributed by atoms with E-state index in [1.807, 2.05) is 0 Å². The molecule has 1 unspecified atom stereocenters. The second kappa shape index (κ2) is 5.54. The van der Waals surface area contributed by atoms with E-state index in [-0.39, 0.29) is 18.2 Å². The molecule has 2 N–H and O–H groups in total. The largest absolute Gasteiger partial charge is 0.480 e. The third kappa shape index (κ3) is 2.93. The standard InChI is InChI=1S/C13H17N3O4/c1-7-5-14-10(8(2)12(7)16(19)20)6-15-11(13(17)18)9-3-4-9/h5,9,11,15H,3-4,6H2,1-2H3,(H,17,18). The van der Waals surface area contributed by atoms with Crippen LogP contribution in [0.1, 0.15) is 29.7 Å². The van der Waals surface area contributed by atoms with E-state index in [2.05, 4.69) is 10.3 Å². The Balaban J connectivity index is 2.15. The number of rotatable bonds is 6. The van der Waals surface area contributed by atoms with Crippen LogP contribution >= 0.6 is 0 Å². The molecule has 0 aromatic carbocycles. The molecule has 0 aliphatic heterocycles. The van der Waals surface area contributed by atoms with Crippen molar-refractivity contribution in [2.75, 3.05) is 0 Å². The van der Waals surface area contributed by atoms with Gasteiger partial charge in [-0.15, -0.1) is 0 Å². The highest BCUT2D eigenvalue weighted by atomic mass is 16.6. The Bertz CT molecular complexity index is 555. The Morgan fingerprint density at radius 2 is 2.25 bits per heavy atom. The molecule has 1 fully saturated rings. The normalized spacial score (nSPS) is 15.9. The molecule has 108 valence electrons. The van der Waals surface area contributed by atoms with Crippen LogP contribution in [0.4, 0.5) is 5.69 Å². The van der Waals surface area contributed by atoms with E-state index in [1.54, 1.807) is 13.8 Å². The molecule has 1 heterocycles. The van der Waals surface area contributed by atoms with Crippen LogP contribution in [0.2, 0.25) is 0 Å². The average Bonchev–Trinajstić information content (AvgIpc) is 3.15. The van der Waals surface area contributed by atoms with Crippen molar-refractivity contribution in [3.05, 3.63) is 33.1 Å². The van der Waals surface area contributed by atoms with Crippen molar-refractivity contribution in [2.24, 2.45) is 5.92 Å². The maximum atomic E-state index is 11.1. The van der Waals surface area contributed by atoms with Crippen molar-refractivity contribution in [2.45, 2.75) is 39.3 Å². The lowest BCUT2D eigenvalue weighted by atomic mass is 10.1. The van der Waals surface area contributed by atoms with Crippen LogP contribution in [0.25, 0.3) is 0 Å². The fourth-order valence-corrected chi connectivity index (χ4v) is 2.32. The summed E-state index contributed by atoms with van der Waals surface area (Å²) in [6.45, 7) is 3.50. The van der Waals surface area contributed by atoms with Gasteiger partial charge in [0.05, 0.1) is 10.6 Å². The van der Waals surface area contributed by atoms with Gasteiger partial charge in [0.25, 0.3) is 5.69 Å². The summed E-state index contributed by atoms with van der Waals surface area (Å²) in [7, 11) is 0. The van der Waals surface area contributed by atoms with Crippen LogP contribution in [0, 0.1) is 29.9 Å². The first-order valence-corrected chi connectivity index (χ1v) is 6.47. The minimum absolute atomic E-state index is 0.0510. The highest BCUT2D eigenvalue weighted by molar-refractivity contribution is 5.74. The van der Waals surface area contributed by atoms with Crippen LogP contribution in [0.15, 0.2) is 6.20 Å². The quantitative estimate of drug-likeness (QED) is 0.604. The summed E-state index contributed by atoms with van der Waals surface area (Å²) >= 11 is 0. The predicted octanol–water partition coefficient (Wildman–Crippen LogP) is 1.56. The lowest BCUT2D eigenvalue weighted by molar-refractivity contribution is -0.386. The van der Waals surface area contributed by atoms with Gasteiger partial charge in [0.2, 0.25) is 0 Å². The Morgan fingerprint density at radius 1 is 1.60 bits per heavy atom. The number of carboxylic acids is 1. The summed E-state index contributed by atoms with van der Waals surface area (Å²) < 4.78 is 0. The highest BCUT2D eigenvalue weighted by Crippen LogP contribution is 2.33. The van der Waals surface area contributed by atoms with E-state index in [0.29, 0.717) is 16.8 Å². The number of nitrogens with zero attached hydrogens (tertiary/aromatic N) is 2. The van der Waals surface area contributed by atoms with E-state index in [0.717, 1.165) is 12.8 Å². The number of hydrogen-bond acceptors (Lipinski definition) is 5. The second-order valence-electron chi connectivity index (χ2n) is 5.15. The highest BCUT2D eigenvalue weighted by Gasteiger charge is 2.36.